The van der Waals surface area contributed by atoms with Gasteiger partial charge in [0.1, 0.15) is 0 Å². The van der Waals surface area contributed by atoms with Crippen LogP contribution in [0.25, 0.3) is 0 Å². The zero-order valence-electron chi connectivity index (χ0n) is 8.54. The number of aryl methyl sites for hydroxylation is 1. The highest BCUT2D eigenvalue weighted by atomic mass is 79.9. The molecule has 1 N–H and O–H groups in total. The smallest absolute Gasteiger partial charge is 0.264 e. The summed E-state index contributed by atoms with van der Waals surface area (Å²) < 4.78 is 24.3. The average Bonchev–Trinajstić information content (AvgIpc) is 2.10. The zero-order valence-corrected chi connectivity index (χ0v) is 11.7. The molecule has 0 fully saturated rings. The van der Waals surface area contributed by atoms with Crippen molar-refractivity contribution in [2.75, 3.05) is 6.26 Å². The number of carbonyl (C=O) groups is 1. The first-order valence-corrected chi connectivity index (χ1v) is 7.24. The number of hydrogen-bond donors (Lipinski definition) is 1. The molecule has 0 aliphatic carbocycles. The van der Waals surface area contributed by atoms with Crippen molar-refractivity contribution in [3.63, 3.8) is 0 Å². The van der Waals surface area contributed by atoms with Crippen LogP contribution in [0, 0.1) is 6.92 Å². The lowest BCUT2D eigenvalue weighted by molar-refractivity contribution is 0.0981. The van der Waals surface area contributed by atoms with Crippen LogP contribution in [-0.2, 0) is 10.0 Å². The molecular formula is C9H9BrClNO3S. The van der Waals surface area contributed by atoms with Crippen molar-refractivity contribution in [2.24, 2.45) is 0 Å². The van der Waals surface area contributed by atoms with Crippen molar-refractivity contribution < 1.29 is 13.2 Å². The standard InChI is InChI=1S/C9H9BrClNO3S/c1-5-3-6(4-7(11)8(5)10)9(13)12-16(2,14)15/h3-4H,1-2H3,(H,12,13). The summed E-state index contributed by atoms with van der Waals surface area (Å²) in [5, 5.41) is 0.360. The molecule has 16 heavy (non-hydrogen) atoms. The van der Waals surface area contributed by atoms with E-state index >= 15 is 0 Å². The Hall–Kier alpha value is -0.590. The van der Waals surface area contributed by atoms with Crippen LogP contribution in [0.5, 0.6) is 0 Å². The topological polar surface area (TPSA) is 63.2 Å². The predicted octanol–water partition coefficient (Wildman–Crippen LogP) is 2.10. The maximum atomic E-state index is 11.5. The Morgan fingerprint density at radius 3 is 2.44 bits per heavy atom. The molecule has 0 aliphatic heterocycles. The monoisotopic (exact) mass is 325 g/mol. The first-order chi connectivity index (χ1) is 7.20. The summed E-state index contributed by atoms with van der Waals surface area (Å²) in [6.07, 6.45) is 0.915. The normalized spacial score (nSPS) is 11.2. The molecule has 0 bridgehead atoms. The lowest BCUT2D eigenvalue weighted by Gasteiger charge is -2.06. The summed E-state index contributed by atoms with van der Waals surface area (Å²) in [6.45, 7) is 1.76. The van der Waals surface area contributed by atoms with Gasteiger partial charge in [0, 0.05) is 10.0 Å². The van der Waals surface area contributed by atoms with E-state index in [9.17, 15) is 13.2 Å². The molecule has 0 saturated carbocycles. The van der Waals surface area contributed by atoms with Crippen LogP contribution in [0.15, 0.2) is 16.6 Å². The minimum atomic E-state index is -3.56. The van der Waals surface area contributed by atoms with E-state index in [-0.39, 0.29) is 5.56 Å². The fourth-order valence-electron chi connectivity index (χ4n) is 1.08. The van der Waals surface area contributed by atoms with E-state index in [0.29, 0.717) is 9.50 Å². The van der Waals surface area contributed by atoms with E-state index < -0.39 is 15.9 Å². The van der Waals surface area contributed by atoms with Gasteiger partial charge in [0.25, 0.3) is 5.91 Å². The van der Waals surface area contributed by atoms with Gasteiger partial charge in [-0.2, -0.15) is 0 Å². The van der Waals surface area contributed by atoms with Crippen molar-refractivity contribution >= 4 is 43.5 Å². The summed E-state index contributed by atoms with van der Waals surface area (Å²) in [5.41, 5.74) is 0.960. The van der Waals surface area contributed by atoms with Crippen LogP contribution in [0.4, 0.5) is 0 Å². The van der Waals surface area contributed by atoms with Crippen molar-refractivity contribution in [3.8, 4) is 0 Å². The summed E-state index contributed by atoms with van der Waals surface area (Å²) in [7, 11) is -3.56. The largest absolute Gasteiger partial charge is 0.268 e. The molecule has 0 atom stereocenters. The maximum absolute atomic E-state index is 11.5. The van der Waals surface area contributed by atoms with Gasteiger partial charge in [0.2, 0.25) is 10.0 Å². The minimum absolute atomic E-state index is 0.205. The fourth-order valence-corrected chi connectivity index (χ4v) is 2.04. The van der Waals surface area contributed by atoms with Gasteiger partial charge < -0.3 is 0 Å². The third kappa shape index (κ3) is 3.47. The fraction of sp³-hybridized carbons (Fsp3) is 0.222. The van der Waals surface area contributed by atoms with E-state index in [1.165, 1.54) is 6.07 Å². The first kappa shape index (κ1) is 13.5. The molecule has 0 spiro atoms. The maximum Gasteiger partial charge on any atom is 0.264 e. The molecular weight excluding hydrogens is 318 g/mol. The van der Waals surface area contributed by atoms with E-state index in [0.717, 1.165) is 11.8 Å². The summed E-state index contributed by atoms with van der Waals surface area (Å²) in [4.78, 5) is 11.5. The van der Waals surface area contributed by atoms with Gasteiger partial charge in [0.15, 0.2) is 0 Å². The zero-order chi connectivity index (χ0) is 12.5. The first-order valence-electron chi connectivity index (χ1n) is 4.18. The highest BCUT2D eigenvalue weighted by Crippen LogP contribution is 2.27. The molecule has 88 valence electrons. The molecule has 0 radical (unpaired) electrons. The third-order valence-corrected chi connectivity index (χ3v) is 3.89. The predicted molar refractivity (Wildman–Crippen MR) is 66.2 cm³/mol. The Morgan fingerprint density at radius 2 is 2.00 bits per heavy atom. The van der Waals surface area contributed by atoms with Crippen LogP contribution in [0.3, 0.4) is 0 Å². The average molecular weight is 327 g/mol. The minimum Gasteiger partial charge on any atom is -0.268 e. The van der Waals surface area contributed by atoms with Crippen LogP contribution < -0.4 is 4.72 Å². The number of sulfonamides is 1. The van der Waals surface area contributed by atoms with E-state index in [4.69, 9.17) is 11.6 Å². The Morgan fingerprint density at radius 1 is 1.44 bits per heavy atom. The van der Waals surface area contributed by atoms with E-state index in [1.807, 2.05) is 4.72 Å². The second-order valence-corrected chi connectivity index (χ2v) is 6.24. The molecule has 1 rings (SSSR count). The number of benzene rings is 1. The van der Waals surface area contributed by atoms with Crippen LogP contribution in [-0.4, -0.2) is 20.6 Å². The van der Waals surface area contributed by atoms with Gasteiger partial charge >= 0.3 is 0 Å². The molecule has 1 amide bonds. The molecule has 0 aromatic heterocycles. The van der Waals surface area contributed by atoms with Crippen LogP contribution >= 0.6 is 27.5 Å². The van der Waals surface area contributed by atoms with E-state index in [1.54, 1.807) is 13.0 Å². The van der Waals surface area contributed by atoms with Gasteiger partial charge in [-0.05, 0) is 40.5 Å². The van der Waals surface area contributed by atoms with Crippen molar-refractivity contribution in [3.05, 3.63) is 32.8 Å². The molecule has 1 aromatic carbocycles. The number of halogens is 2. The number of hydrogen-bond acceptors (Lipinski definition) is 3. The van der Waals surface area contributed by atoms with Crippen molar-refractivity contribution in [1.29, 1.82) is 0 Å². The Bertz CT molecular complexity index is 519. The molecule has 0 unspecified atom stereocenters. The number of rotatable bonds is 2. The molecule has 7 heteroatoms. The highest BCUT2D eigenvalue weighted by molar-refractivity contribution is 9.10. The molecule has 4 nitrogen and oxygen atoms in total. The van der Waals surface area contributed by atoms with Crippen LogP contribution in [0.2, 0.25) is 5.02 Å². The van der Waals surface area contributed by atoms with Gasteiger partial charge in [-0.3, -0.25) is 4.79 Å². The Kier molecular flexibility index (Phi) is 3.98. The van der Waals surface area contributed by atoms with Gasteiger partial charge in [-0.25, -0.2) is 13.1 Å². The third-order valence-electron chi connectivity index (χ3n) is 1.75. The van der Waals surface area contributed by atoms with E-state index in [2.05, 4.69) is 15.9 Å². The summed E-state index contributed by atoms with van der Waals surface area (Å²) >= 11 is 9.10. The molecule has 0 saturated heterocycles. The number of amides is 1. The Labute approximate surface area is 107 Å². The van der Waals surface area contributed by atoms with Crippen molar-refractivity contribution in [2.45, 2.75) is 6.92 Å². The number of carbonyl (C=O) groups excluding carboxylic acids is 1. The molecule has 1 aromatic rings. The lowest BCUT2D eigenvalue weighted by Crippen LogP contribution is -2.29. The van der Waals surface area contributed by atoms with Gasteiger partial charge in [-0.1, -0.05) is 11.6 Å². The van der Waals surface area contributed by atoms with Crippen molar-refractivity contribution in [1.82, 2.24) is 4.72 Å². The highest BCUT2D eigenvalue weighted by Gasteiger charge is 2.13. The second kappa shape index (κ2) is 4.73. The lowest BCUT2D eigenvalue weighted by atomic mass is 10.1. The second-order valence-electron chi connectivity index (χ2n) is 3.29. The van der Waals surface area contributed by atoms with Crippen LogP contribution in [0.1, 0.15) is 15.9 Å². The Balaban J connectivity index is 3.11. The molecule has 0 aliphatic rings. The van der Waals surface area contributed by atoms with Gasteiger partial charge in [0.05, 0.1) is 11.3 Å². The summed E-state index contributed by atoms with van der Waals surface area (Å²) in [6, 6.07) is 2.95. The number of nitrogens with one attached hydrogen (secondary N) is 1. The quantitative estimate of drug-likeness (QED) is 0.905. The van der Waals surface area contributed by atoms with Gasteiger partial charge in [-0.15, -0.1) is 0 Å². The SMILES string of the molecule is Cc1cc(C(=O)NS(C)(=O)=O)cc(Cl)c1Br. The summed E-state index contributed by atoms with van der Waals surface area (Å²) in [5.74, 6) is -0.694. The molecule has 0 heterocycles.